The van der Waals surface area contributed by atoms with Gasteiger partial charge in [0, 0.05) is 0 Å². The zero-order valence-corrected chi connectivity index (χ0v) is 13.3. The van der Waals surface area contributed by atoms with Gasteiger partial charge in [0.1, 0.15) is 5.60 Å². The molecule has 0 radical (unpaired) electrons. The third-order valence-corrected chi connectivity index (χ3v) is 5.60. The zero-order valence-electron chi connectivity index (χ0n) is 12.2. The van der Waals surface area contributed by atoms with Crippen molar-refractivity contribution in [2.45, 2.75) is 26.4 Å². The van der Waals surface area contributed by atoms with Crippen molar-refractivity contribution < 1.29 is 9.53 Å². The Bertz CT molecular complexity index is 519. The molecule has 0 aliphatic carbocycles. The number of rotatable bonds is 3. The lowest BCUT2D eigenvalue weighted by Crippen LogP contribution is -2.51. The van der Waals surface area contributed by atoms with Crippen LogP contribution in [0.3, 0.4) is 0 Å². The molecule has 0 aromatic heterocycles. The lowest BCUT2D eigenvalue weighted by atomic mass is 10.2. The number of carbonyl (C=O) groups excluding carboxylic acids is 1. The zero-order chi connectivity index (χ0) is 14.6. The minimum absolute atomic E-state index is 0.0742. The van der Waals surface area contributed by atoms with Crippen molar-refractivity contribution in [2.75, 3.05) is 0 Å². The molecule has 0 aliphatic heterocycles. The number of hydrogen-bond donors (Lipinski definition) is 0. The van der Waals surface area contributed by atoms with Crippen LogP contribution in [0.5, 0.6) is 0 Å². The van der Waals surface area contributed by atoms with Crippen LogP contribution in [-0.2, 0) is 4.74 Å². The summed E-state index contributed by atoms with van der Waals surface area (Å²) in [5.41, 5.74) is -0.527. The highest BCUT2D eigenvalue weighted by atomic mass is 28.3. The van der Waals surface area contributed by atoms with Crippen molar-refractivity contribution in [1.29, 1.82) is 0 Å². The van der Waals surface area contributed by atoms with E-state index in [2.05, 4.69) is 0 Å². The summed E-state index contributed by atoms with van der Waals surface area (Å²) in [5.74, 6) is 0. The summed E-state index contributed by atoms with van der Waals surface area (Å²) in [4.78, 5) is 12.6. The van der Waals surface area contributed by atoms with E-state index in [4.69, 9.17) is 4.74 Å². The van der Waals surface area contributed by atoms with Crippen molar-refractivity contribution in [2.24, 2.45) is 0 Å². The van der Waals surface area contributed by atoms with Crippen molar-refractivity contribution in [3.8, 4) is 0 Å². The van der Waals surface area contributed by atoms with E-state index in [-0.39, 0.29) is 5.59 Å². The monoisotopic (exact) mass is 284 g/mol. The van der Waals surface area contributed by atoms with Gasteiger partial charge in [-0.1, -0.05) is 60.7 Å². The van der Waals surface area contributed by atoms with Crippen LogP contribution < -0.4 is 10.4 Å². The average Bonchev–Trinajstić information content (AvgIpc) is 2.39. The van der Waals surface area contributed by atoms with E-state index in [0.29, 0.717) is 0 Å². The Balaban J connectivity index is 2.38. The molecule has 0 aliphatic rings. The number of benzene rings is 2. The molecule has 0 spiro atoms. The summed E-state index contributed by atoms with van der Waals surface area (Å²) in [6.07, 6.45) is 0. The second-order valence-electron chi connectivity index (χ2n) is 5.79. The van der Waals surface area contributed by atoms with Crippen molar-refractivity contribution in [3.63, 3.8) is 0 Å². The summed E-state index contributed by atoms with van der Waals surface area (Å²) in [6, 6.07) is 19.9. The van der Waals surface area contributed by atoms with Gasteiger partial charge in [-0.05, 0) is 31.1 Å². The molecule has 0 bridgehead atoms. The smallest absolute Gasteiger partial charge is 0.279 e. The Kier molecular flexibility index (Phi) is 4.40. The Labute approximate surface area is 122 Å². The Hall–Kier alpha value is -1.87. The van der Waals surface area contributed by atoms with Gasteiger partial charge in [0.25, 0.3) is 5.59 Å². The van der Waals surface area contributed by atoms with Gasteiger partial charge < -0.3 is 4.74 Å². The molecular formula is C17H20O2Si. The van der Waals surface area contributed by atoms with Gasteiger partial charge in [-0.25, -0.2) is 0 Å². The predicted octanol–water partition coefficient (Wildman–Crippen LogP) is 2.54. The molecule has 2 aromatic carbocycles. The Morgan fingerprint density at radius 1 is 0.850 bits per heavy atom. The molecule has 3 heteroatoms. The molecule has 104 valence electrons. The molecule has 0 saturated heterocycles. The third-order valence-electron chi connectivity index (χ3n) is 2.91. The first-order valence-corrected chi connectivity index (χ1v) is 8.53. The summed E-state index contributed by atoms with van der Waals surface area (Å²) in [5, 5.41) is 2.18. The fraction of sp³-hybridized carbons (Fsp3) is 0.235. The second-order valence-corrected chi connectivity index (χ2v) is 8.46. The van der Waals surface area contributed by atoms with Crippen molar-refractivity contribution in [1.82, 2.24) is 0 Å². The largest absolute Gasteiger partial charge is 0.464 e. The first kappa shape index (κ1) is 14.5. The minimum atomic E-state index is -2.01. The van der Waals surface area contributed by atoms with E-state index in [0.717, 1.165) is 10.4 Å². The fourth-order valence-corrected chi connectivity index (χ4v) is 4.73. The summed E-state index contributed by atoms with van der Waals surface area (Å²) in [6.45, 7) is 5.73. The highest BCUT2D eigenvalue weighted by Gasteiger charge is 2.29. The quantitative estimate of drug-likeness (QED) is 0.810. The van der Waals surface area contributed by atoms with Gasteiger partial charge in [-0.3, -0.25) is 4.79 Å². The molecule has 2 aromatic rings. The van der Waals surface area contributed by atoms with Gasteiger partial charge in [0.15, 0.2) is 0 Å². The number of hydrogen-bond acceptors (Lipinski definition) is 2. The molecule has 2 rings (SSSR count). The minimum Gasteiger partial charge on any atom is -0.464 e. The van der Waals surface area contributed by atoms with Crippen LogP contribution >= 0.6 is 0 Å². The topological polar surface area (TPSA) is 26.3 Å². The maximum Gasteiger partial charge on any atom is 0.279 e. The van der Waals surface area contributed by atoms with Crippen LogP contribution in [0.25, 0.3) is 0 Å². The van der Waals surface area contributed by atoms with Gasteiger partial charge in [0.05, 0.1) is 0 Å². The molecule has 0 fully saturated rings. The number of ether oxygens (including phenoxy) is 1. The molecule has 0 amide bonds. The molecule has 20 heavy (non-hydrogen) atoms. The van der Waals surface area contributed by atoms with Gasteiger partial charge in [-0.2, -0.15) is 0 Å². The van der Waals surface area contributed by atoms with E-state index in [1.807, 2.05) is 81.4 Å². The van der Waals surface area contributed by atoms with Crippen molar-refractivity contribution >= 4 is 24.8 Å². The SMILES string of the molecule is CC(C)(C)OC(=O)[SiH](c1ccccc1)c1ccccc1. The highest BCUT2D eigenvalue weighted by Crippen LogP contribution is 2.09. The lowest BCUT2D eigenvalue weighted by Gasteiger charge is -2.23. The fourth-order valence-electron chi connectivity index (χ4n) is 2.12. The van der Waals surface area contributed by atoms with E-state index in [9.17, 15) is 4.79 Å². The lowest BCUT2D eigenvalue weighted by molar-refractivity contribution is 0.0715. The van der Waals surface area contributed by atoms with E-state index in [1.165, 1.54) is 0 Å². The first-order valence-electron chi connectivity index (χ1n) is 6.80. The van der Waals surface area contributed by atoms with E-state index in [1.54, 1.807) is 0 Å². The summed E-state index contributed by atoms with van der Waals surface area (Å²) < 4.78 is 5.63. The first-order chi connectivity index (χ1) is 9.47. The van der Waals surface area contributed by atoms with Gasteiger partial charge in [0.2, 0.25) is 8.80 Å². The molecule has 0 unspecified atom stereocenters. The number of carbonyl (C=O) groups is 1. The van der Waals surface area contributed by atoms with Gasteiger partial charge >= 0.3 is 0 Å². The second kappa shape index (κ2) is 6.05. The van der Waals surface area contributed by atoms with Crippen LogP contribution in [0.1, 0.15) is 20.8 Å². The van der Waals surface area contributed by atoms with Crippen LogP contribution in [0.2, 0.25) is 0 Å². The van der Waals surface area contributed by atoms with Crippen LogP contribution in [-0.4, -0.2) is 20.0 Å². The predicted molar refractivity (Wildman–Crippen MR) is 85.5 cm³/mol. The van der Waals surface area contributed by atoms with E-state index < -0.39 is 14.4 Å². The highest BCUT2D eigenvalue weighted by molar-refractivity contribution is 7.07. The molecule has 0 heterocycles. The van der Waals surface area contributed by atoms with E-state index >= 15 is 0 Å². The molecule has 0 saturated carbocycles. The third kappa shape index (κ3) is 3.81. The van der Waals surface area contributed by atoms with Crippen molar-refractivity contribution in [3.05, 3.63) is 60.7 Å². The molecular weight excluding hydrogens is 264 g/mol. The summed E-state index contributed by atoms with van der Waals surface area (Å²) >= 11 is 0. The van der Waals surface area contributed by atoms with Crippen LogP contribution in [0, 0.1) is 0 Å². The maximum atomic E-state index is 12.6. The van der Waals surface area contributed by atoms with Crippen LogP contribution in [0.15, 0.2) is 60.7 Å². The Morgan fingerprint density at radius 2 is 1.25 bits per heavy atom. The maximum absolute atomic E-state index is 12.6. The standard InChI is InChI=1S/C17H20O2Si/c1-17(2,3)19-16(18)20(14-10-6-4-7-11-14)15-12-8-5-9-13-15/h4-13,20H,1-3H3. The molecule has 2 nitrogen and oxygen atoms in total. The molecule has 0 N–H and O–H groups in total. The molecule has 0 atom stereocenters. The summed E-state index contributed by atoms with van der Waals surface area (Å²) in [7, 11) is -2.01. The van der Waals surface area contributed by atoms with Crippen LogP contribution in [0.4, 0.5) is 4.79 Å². The Morgan fingerprint density at radius 3 is 1.60 bits per heavy atom. The normalized spacial score (nSPS) is 11.4. The average molecular weight is 284 g/mol. The van der Waals surface area contributed by atoms with Gasteiger partial charge in [-0.15, -0.1) is 0 Å².